The minimum atomic E-state index is 0.878. The van der Waals surface area contributed by atoms with E-state index in [1.165, 1.54) is 31.3 Å². The van der Waals surface area contributed by atoms with E-state index >= 15 is 0 Å². The number of hydrogen-bond acceptors (Lipinski definition) is 4. The molecule has 11 aromatic rings. The smallest absolute Gasteiger partial charge is 0.0979 e. The zero-order valence-electron chi connectivity index (χ0n) is 30.3. The summed E-state index contributed by atoms with van der Waals surface area (Å²) in [5, 5.41) is 7.10. The number of thiophene rings is 1. The summed E-state index contributed by atoms with van der Waals surface area (Å²) in [4.78, 5) is 13.2. The van der Waals surface area contributed by atoms with Crippen LogP contribution in [0, 0.1) is 0 Å². The molecule has 2 aromatic heterocycles. The maximum Gasteiger partial charge on any atom is 0.0979 e. The first-order chi connectivity index (χ1) is 27.7. The van der Waals surface area contributed by atoms with E-state index in [1.54, 1.807) is 0 Å². The van der Waals surface area contributed by atoms with Gasteiger partial charge in [0.25, 0.3) is 0 Å². The number of benzene rings is 9. The van der Waals surface area contributed by atoms with Gasteiger partial charge in [0.2, 0.25) is 0 Å². The summed E-state index contributed by atoms with van der Waals surface area (Å²) in [5.74, 6) is 0. The average Bonchev–Trinajstić information content (AvgIpc) is 3.65. The standard InChI is InChI=1S/C52H33N3S/c1-4-13-34(14-5-1)38-19-12-20-40(31-38)55(42-27-30-48-45(33-42)44-21-10-11-22-47(44)56-48)41-26-28-43-39(32-41)24-23-35-25-29-46-52(49(35)43)54-51(37-17-8-3-9-18-37)50(53-46)36-15-6-2-7-16-36/h1-33H. The molecular weight excluding hydrogens is 699 g/mol. The molecule has 0 atom stereocenters. The Labute approximate surface area is 328 Å². The average molecular weight is 732 g/mol. The normalized spacial score (nSPS) is 11.6. The Morgan fingerprint density at radius 3 is 1.73 bits per heavy atom. The van der Waals surface area contributed by atoms with Gasteiger partial charge in [0, 0.05) is 53.7 Å². The van der Waals surface area contributed by atoms with Crippen LogP contribution >= 0.6 is 11.3 Å². The van der Waals surface area contributed by atoms with Crippen molar-refractivity contribution in [1.82, 2.24) is 9.97 Å². The molecule has 0 bridgehead atoms. The van der Waals surface area contributed by atoms with Gasteiger partial charge in [-0.15, -0.1) is 11.3 Å². The van der Waals surface area contributed by atoms with Crippen LogP contribution in [0.5, 0.6) is 0 Å². The summed E-state index contributed by atoms with van der Waals surface area (Å²) in [6.45, 7) is 0. The van der Waals surface area contributed by atoms with Crippen LogP contribution < -0.4 is 4.90 Å². The van der Waals surface area contributed by atoms with Crippen LogP contribution in [0.2, 0.25) is 0 Å². The first-order valence-electron chi connectivity index (χ1n) is 18.9. The fraction of sp³-hybridized carbons (Fsp3) is 0. The molecule has 9 aromatic carbocycles. The fourth-order valence-electron chi connectivity index (χ4n) is 8.14. The van der Waals surface area contributed by atoms with E-state index in [2.05, 4.69) is 193 Å². The van der Waals surface area contributed by atoms with Crippen molar-refractivity contribution >= 4 is 81.1 Å². The largest absolute Gasteiger partial charge is 0.310 e. The van der Waals surface area contributed by atoms with Gasteiger partial charge >= 0.3 is 0 Å². The monoisotopic (exact) mass is 731 g/mol. The molecule has 0 N–H and O–H groups in total. The first-order valence-corrected chi connectivity index (χ1v) is 19.7. The highest BCUT2D eigenvalue weighted by atomic mass is 32.1. The predicted octanol–water partition coefficient (Wildman–Crippen LogP) is 14.8. The van der Waals surface area contributed by atoms with Crippen LogP contribution in [0.3, 0.4) is 0 Å². The second kappa shape index (κ2) is 13.3. The molecule has 0 radical (unpaired) electrons. The molecule has 4 heteroatoms. The zero-order valence-corrected chi connectivity index (χ0v) is 31.1. The number of nitrogens with zero attached hydrogens (tertiary/aromatic N) is 3. The SMILES string of the molecule is c1ccc(-c2cccc(N(c3ccc4c(ccc5ccc6nc(-c7ccccc7)c(-c7ccccc7)nc6c54)c3)c3ccc4sc5ccccc5c4c3)c2)cc1. The molecule has 56 heavy (non-hydrogen) atoms. The van der Waals surface area contributed by atoms with E-state index in [0.29, 0.717) is 0 Å². The Kier molecular flexibility index (Phi) is 7.68. The van der Waals surface area contributed by atoms with E-state index in [0.717, 1.165) is 72.2 Å². The van der Waals surface area contributed by atoms with Crippen molar-refractivity contribution in [3.63, 3.8) is 0 Å². The van der Waals surface area contributed by atoms with Crippen molar-refractivity contribution in [2.75, 3.05) is 4.90 Å². The molecule has 0 aliphatic carbocycles. The summed E-state index contributed by atoms with van der Waals surface area (Å²) in [6.07, 6.45) is 0. The number of rotatable bonds is 6. The van der Waals surface area contributed by atoms with Crippen molar-refractivity contribution in [1.29, 1.82) is 0 Å². The lowest BCUT2D eigenvalue weighted by atomic mass is 9.98. The van der Waals surface area contributed by atoms with E-state index < -0.39 is 0 Å². The number of aromatic nitrogens is 2. The second-order valence-corrected chi connectivity index (χ2v) is 15.3. The molecule has 0 fully saturated rings. The van der Waals surface area contributed by atoms with E-state index in [-0.39, 0.29) is 0 Å². The van der Waals surface area contributed by atoms with Crippen molar-refractivity contribution in [3.05, 3.63) is 200 Å². The molecule has 3 nitrogen and oxygen atoms in total. The number of anilines is 3. The predicted molar refractivity (Wildman–Crippen MR) is 238 cm³/mol. The van der Waals surface area contributed by atoms with Gasteiger partial charge in [-0.1, -0.05) is 146 Å². The Hall–Kier alpha value is -7.14. The molecule has 0 unspecified atom stereocenters. The molecule has 11 rings (SSSR count). The Morgan fingerprint density at radius 2 is 0.946 bits per heavy atom. The van der Waals surface area contributed by atoms with Gasteiger partial charge in [0.15, 0.2) is 0 Å². The minimum absolute atomic E-state index is 0.878. The Morgan fingerprint density at radius 1 is 0.357 bits per heavy atom. The van der Waals surface area contributed by atoms with Crippen LogP contribution in [-0.4, -0.2) is 9.97 Å². The summed E-state index contributed by atoms with van der Waals surface area (Å²) in [7, 11) is 0. The number of hydrogen-bond donors (Lipinski definition) is 0. The van der Waals surface area contributed by atoms with Crippen molar-refractivity contribution in [2.24, 2.45) is 0 Å². The third kappa shape index (κ3) is 5.50. The summed E-state index contributed by atoms with van der Waals surface area (Å²) in [6, 6.07) is 71.5. The van der Waals surface area contributed by atoms with Gasteiger partial charge in [-0.3, -0.25) is 0 Å². The van der Waals surface area contributed by atoms with E-state index in [4.69, 9.17) is 9.97 Å². The molecule has 262 valence electrons. The topological polar surface area (TPSA) is 29.0 Å². The highest BCUT2D eigenvalue weighted by molar-refractivity contribution is 7.25. The quantitative estimate of drug-likeness (QED) is 0.159. The molecule has 0 aliphatic heterocycles. The van der Waals surface area contributed by atoms with Gasteiger partial charge in [0.05, 0.1) is 22.4 Å². The lowest BCUT2D eigenvalue weighted by Crippen LogP contribution is -2.10. The van der Waals surface area contributed by atoms with Crippen LogP contribution in [-0.2, 0) is 0 Å². The van der Waals surface area contributed by atoms with Crippen molar-refractivity contribution in [2.45, 2.75) is 0 Å². The van der Waals surface area contributed by atoms with Crippen LogP contribution in [0.1, 0.15) is 0 Å². The van der Waals surface area contributed by atoms with Gasteiger partial charge in [-0.25, -0.2) is 9.97 Å². The van der Waals surface area contributed by atoms with Crippen LogP contribution in [0.25, 0.3) is 86.4 Å². The molecule has 2 heterocycles. The molecule has 0 spiro atoms. The van der Waals surface area contributed by atoms with Gasteiger partial charge in [-0.05, 0) is 81.9 Å². The Bertz CT molecular complexity index is 3250. The van der Waals surface area contributed by atoms with Crippen molar-refractivity contribution < 1.29 is 0 Å². The fourth-order valence-corrected chi connectivity index (χ4v) is 9.23. The number of fused-ring (bicyclic) bond motifs is 8. The molecular formula is C52H33N3S. The van der Waals surface area contributed by atoms with Gasteiger partial charge < -0.3 is 4.90 Å². The molecule has 0 saturated carbocycles. The van der Waals surface area contributed by atoms with Crippen LogP contribution in [0.15, 0.2) is 200 Å². The summed E-state index contributed by atoms with van der Waals surface area (Å²) >= 11 is 1.85. The van der Waals surface area contributed by atoms with Gasteiger partial charge in [-0.2, -0.15) is 0 Å². The summed E-state index contributed by atoms with van der Waals surface area (Å²) < 4.78 is 2.59. The van der Waals surface area contributed by atoms with E-state index in [9.17, 15) is 0 Å². The molecule has 0 amide bonds. The lowest BCUT2D eigenvalue weighted by Gasteiger charge is -2.26. The zero-order chi connectivity index (χ0) is 37.0. The first kappa shape index (κ1) is 32.3. The maximum absolute atomic E-state index is 5.47. The second-order valence-electron chi connectivity index (χ2n) is 14.2. The Balaban J connectivity index is 1.13. The lowest BCUT2D eigenvalue weighted by molar-refractivity contribution is 1.29. The third-order valence-electron chi connectivity index (χ3n) is 10.8. The molecule has 0 aliphatic rings. The maximum atomic E-state index is 5.47. The highest BCUT2D eigenvalue weighted by Gasteiger charge is 2.19. The van der Waals surface area contributed by atoms with Crippen molar-refractivity contribution in [3.8, 4) is 33.6 Å². The molecule has 0 saturated heterocycles. The van der Waals surface area contributed by atoms with Gasteiger partial charge in [0.1, 0.15) is 0 Å². The van der Waals surface area contributed by atoms with E-state index in [1.807, 2.05) is 23.5 Å². The minimum Gasteiger partial charge on any atom is -0.310 e. The third-order valence-corrected chi connectivity index (χ3v) is 12.0. The summed E-state index contributed by atoms with van der Waals surface area (Å²) in [5.41, 5.74) is 11.3. The van der Waals surface area contributed by atoms with Crippen LogP contribution in [0.4, 0.5) is 17.1 Å². The highest BCUT2D eigenvalue weighted by Crippen LogP contribution is 2.43.